The lowest BCUT2D eigenvalue weighted by Gasteiger charge is -1.99. The molecular weight excluding hydrogens is 170 g/mol. The molecule has 13 heavy (non-hydrogen) atoms. The highest BCUT2D eigenvalue weighted by Crippen LogP contribution is 2.28. The summed E-state index contributed by atoms with van der Waals surface area (Å²) in [5.74, 6) is 0.235. The first-order valence-corrected chi connectivity index (χ1v) is 3.79. The second-order valence-electron chi connectivity index (χ2n) is 2.64. The zero-order valence-electron chi connectivity index (χ0n) is 6.74. The van der Waals surface area contributed by atoms with E-state index < -0.39 is 0 Å². The fourth-order valence-electron chi connectivity index (χ4n) is 1.25. The number of carbonyl (C=O) groups excluding carboxylic acids is 1. The molecule has 0 saturated carbocycles. The molecule has 4 nitrogen and oxygen atoms in total. The minimum atomic E-state index is -0.328. The van der Waals surface area contributed by atoms with Crippen LogP contribution in [0.3, 0.4) is 0 Å². The maximum absolute atomic E-state index is 11.2. The summed E-state index contributed by atoms with van der Waals surface area (Å²) in [6, 6.07) is 5.08. The van der Waals surface area contributed by atoms with Crippen molar-refractivity contribution in [1.82, 2.24) is 0 Å². The van der Waals surface area contributed by atoms with Gasteiger partial charge in [0.25, 0.3) is 0 Å². The van der Waals surface area contributed by atoms with Crippen LogP contribution in [0.4, 0.5) is 0 Å². The van der Waals surface area contributed by atoms with Crippen LogP contribution in [0.25, 0.3) is 0 Å². The van der Waals surface area contributed by atoms with E-state index in [9.17, 15) is 4.79 Å². The molecule has 2 rings (SSSR count). The van der Waals surface area contributed by atoms with Crippen molar-refractivity contribution in [2.75, 3.05) is 0 Å². The molecule has 1 aliphatic rings. The summed E-state index contributed by atoms with van der Waals surface area (Å²) in [4.78, 5) is 20.7. The van der Waals surface area contributed by atoms with Crippen molar-refractivity contribution in [3.05, 3.63) is 29.3 Å². The molecular formula is C9H7NO3. The van der Waals surface area contributed by atoms with E-state index in [1.165, 1.54) is 0 Å². The Morgan fingerprint density at radius 1 is 1.54 bits per heavy atom. The Bertz CT molecular complexity index is 373. The van der Waals surface area contributed by atoms with Gasteiger partial charge in [0.05, 0.1) is 6.21 Å². The van der Waals surface area contributed by atoms with Crippen LogP contribution in [0.2, 0.25) is 0 Å². The van der Waals surface area contributed by atoms with Gasteiger partial charge in [0.15, 0.2) is 5.75 Å². The van der Waals surface area contributed by atoms with Gasteiger partial charge in [0.2, 0.25) is 5.78 Å². The molecule has 1 N–H and O–H groups in total. The lowest BCUT2D eigenvalue weighted by molar-refractivity contribution is -0.194. The topological polar surface area (TPSA) is 59.4 Å². The molecule has 1 aliphatic heterocycles. The molecule has 0 unspecified atom stereocenters. The van der Waals surface area contributed by atoms with E-state index in [-0.39, 0.29) is 12.4 Å². The molecule has 0 amide bonds. The molecule has 0 atom stereocenters. The van der Waals surface area contributed by atoms with Crippen LogP contribution in [0.15, 0.2) is 18.2 Å². The number of benzene rings is 1. The predicted molar refractivity (Wildman–Crippen MR) is 45.0 cm³/mol. The van der Waals surface area contributed by atoms with Crippen LogP contribution in [0.5, 0.6) is 5.75 Å². The van der Waals surface area contributed by atoms with E-state index in [0.29, 0.717) is 11.3 Å². The van der Waals surface area contributed by atoms with Crippen molar-refractivity contribution in [2.45, 2.75) is 6.61 Å². The molecule has 0 spiro atoms. The van der Waals surface area contributed by atoms with Crippen LogP contribution in [0, 0.1) is 5.41 Å². The second-order valence-corrected chi connectivity index (χ2v) is 2.64. The van der Waals surface area contributed by atoms with Gasteiger partial charge in [-0.25, -0.2) is 0 Å². The highest BCUT2D eigenvalue weighted by molar-refractivity contribution is 6.34. The minimum Gasteiger partial charge on any atom is -0.337 e. The zero-order chi connectivity index (χ0) is 9.26. The highest BCUT2D eigenvalue weighted by atomic mass is 17.2. The van der Waals surface area contributed by atoms with Crippen LogP contribution < -0.4 is 4.89 Å². The standard InChI is InChI=1S/C9H7NO3/c10-4-8(11)6-2-1-3-9-7(6)5-12-13-9/h1-4,10H,5H2. The average Bonchev–Trinajstić information content (AvgIpc) is 2.63. The van der Waals surface area contributed by atoms with Gasteiger partial charge < -0.3 is 10.3 Å². The van der Waals surface area contributed by atoms with E-state index >= 15 is 0 Å². The summed E-state index contributed by atoms with van der Waals surface area (Å²) < 4.78 is 0. The van der Waals surface area contributed by atoms with Gasteiger partial charge in [-0.3, -0.25) is 4.79 Å². The largest absolute Gasteiger partial charge is 0.337 e. The lowest BCUT2D eigenvalue weighted by Crippen LogP contribution is -2.02. The first-order chi connectivity index (χ1) is 6.33. The summed E-state index contributed by atoms with van der Waals surface area (Å²) in [5, 5.41) is 6.85. The van der Waals surface area contributed by atoms with Crippen molar-refractivity contribution < 1.29 is 14.6 Å². The van der Waals surface area contributed by atoms with Gasteiger partial charge in [-0.15, -0.1) is 0 Å². The molecule has 0 aromatic heterocycles. The monoisotopic (exact) mass is 177 g/mol. The number of rotatable bonds is 2. The van der Waals surface area contributed by atoms with E-state index in [4.69, 9.17) is 15.2 Å². The van der Waals surface area contributed by atoms with Gasteiger partial charge in [-0.05, 0) is 6.07 Å². The number of ketones is 1. The molecule has 1 aromatic carbocycles. The van der Waals surface area contributed by atoms with Gasteiger partial charge >= 0.3 is 0 Å². The molecule has 1 heterocycles. The third-order valence-electron chi connectivity index (χ3n) is 1.88. The third-order valence-corrected chi connectivity index (χ3v) is 1.88. The maximum atomic E-state index is 11.2. The Morgan fingerprint density at radius 3 is 3.15 bits per heavy atom. The smallest absolute Gasteiger partial charge is 0.203 e. The van der Waals surface area contributed by atoms with Gasteiger partial charge in [-0.2, -0.15) is 4.89 Å². The molecule has 0 aliphatic carbocycles. The average molecular weight is 177 g/mol. The van der Waals surface area contributed by atoms with Gasteiger partial charge in [0.1, 0.15) is 6.61 Å². The summed E-state index contributed by atoms with van der Waals surface area (Å²) in [6.07, 6.45) is 0.786. The number of nitrogens with one attached hydrogen (secondary N) is 1. The summed E-state index contributed by atoms with van der Waals surface area (Å²) in [7, 11) is 0. The number of hydrogen-bond acceptors (Lipinski definition) is 4. The van der Waals surface area contributed by atoms with Crippen LogP contribution in [-0.2, 0) is 11.5 Å². The molecule has 4 heteroatoms. The van der Waals surface area contributed by atoms with Crippen molar-refractivity contribution >= 4 is 12.0 Å². The van der Waals surface area contributed by atoms with Crippen molar-refractivity contribution in [3.63, 3.8) is 0 Å². The quantitative estimate of drug-likeness (QED) is 0.421. The van der Waals surface area contributed by atoms with E-state index in [1.807, 2.05) is 0 Å². The highest BCUT2D eigenvalue weighted by Gasteiger charge is 2.20. The summed E-state index contributed by atoms with van der Waals surface area (Å²) in [5.41, 5.74) is 1.20. The minimum absolute atomic E-state index is 0.269. The van der Waals surface area contributed by atoms with Crippen molar-refractivity contribution in [1.29, 1.82) is 5.41 Å². The number of Topliss-reactive ketones (excluding diaryl/α,β-unsaturated/α-hetero) is 1. The fourth-order valence-corrected chi connectivity index (χ4v) is 1.25. The Morgan fingerprint density at radius 2 is 2.38 bits per heavy atom. The lowest BCUT2D eigenvalue weighted by atomic mass is 10.0. The van der Waals surface area contributed by atoms with Gasteiger partial charge in [0, 0.05) is 11.1 Å². The molecule has 0 saturated heterocycles. The Kier molecular flexibility index (Phi) is 1.83. The van der Waals surface area contributed by atoms with Crippen LogP contribution >= 0.6 is 0 Å². The molecule has 66 valence electrons. The SMILES string of the molecule is N=CC(=O)c1cccc2c1COO2. The Hall–Kier alpha value is -1.68. The molecule has 0 bridgehead atoms. The van der Waals surface area contributed by atoms with E-state index in [2.05, 4.69) is 0 Å². The number of fused-ring (bicyclic) bond motifs is 1. The normalized spacial score (nSPS) is 13.2. The maximum Gasteiger partial charge on any atom is 0.203 e. The Balaban J connectivity index is 2.53. The zero-order valence-corrected chi connectivity index (χ0v) is 6.74. The first-order valence-electron chi connectivity index (χ1n) is 3.79. The molecule has 1 aromatic rings. The van der Waals surface area contributed by atoms with E-state index in [1.54, 1.807) is 18.2 Å². The number of carbonyl (C=O) groups is 1. The molecule has 0 fully saturated rings. The van der Waals surface area contributed by atoms with Crippen LogP contribution in [-0.4, -0.2) is 12.0 Å². The predicted octanol–water partition coefficient (Wildman–Crippen LogP) is 1.34. The van der Waals surface area contributed by atoms with Gasteiger partial charge in [-0.1, -0.05) is 12.1 Å². The number of hydrogen-bond donors (Lipinski definition) is 1. The second kappa shape index (κ2) is 2.99. The summed E-state index contributed by atoms with van der Waals surface area (Å²) in [6.45, 7) is 0.269. The fraction of sp³-hybridized carbons (Fsp3) is 0.111. The van der Waals surface area contributed by atoms with Crippen molar-refractivity contribution in [3.8, 4) is 5.75 Å². The van der Waals surface area contributed by atoms with E-state index in [0.717, 1.165) is 11.8 Å². The van der Waals surface area contributed by atoms with Crippen molar-refractivity contribution in [2.24, 2.45) is 0 Å². The first kappa shape index (κ1) is 7.94. The summed E-state index contributed by atoms with van der Waals surface area (Å²) >= 11 is 0. The van der Waals surface area contributed by atoms with Crippen LogP contribution in [0.1, 0.15) is 15.9 Å². The molecule has 0 radical (unpaired) electrons. The third kappa shape index (κ3) is 1.21. The Labute approximate surface area is 74.5 Å².